The SMILES string of the molecule is Cc1ccc(F)cc1S(=O)(=O)N1CCN(Cc2ccncc2)CC1. The minimum Gasteiger partial charge on any atom is -0.296 e. The Hall–Kier alpha value is -1.83. The van der Waals surface area contributed by atoms with Gasteiger partial charge in [0, 0.05) is 45.1 Å². The molecule has 0 bridgehead atoms. The predicted octanol–water partition coefficient (Wildman–Crippen LogP) is 2.04. The van der Waals surface area contributed by atoms with Gasteiger partial charge in [0.25, 0.3) is 0 Å². The maximum absolute atomic E-state index is 13.5. The van der Waals surface area contributed by atoms with E-state index < -0.39 is 15.8 Å². The smallest absolute Gasteiger partial charge is 0.243 e. The molecule has 2 aromatic rings. The van der Waals surface area contributed by atoms with E-state index in [0.29, 0.717) is 31.7 Å². The number of aryl methyl sites for hydroxylation is 1. The number of halogens is 1. The van der Waals surface area contributed by atoms with Crippen LogP contribution in [0.5, 0.6) is 0 Å². The summed E-state index contributed by atoms with van der Waals surface area (Å²) in [5, 5.41) is 0. The number of rotatable bonds is 4. The lowest BCUT2D eigenvalue weighted by Gasteiger charge is -2.34. The lowest BCUT2D eigenvalue weighted by Crippen LogP contribution is -2.48. The number of pyridine rings is 1. The van der Waals surface area contributed by atoms with E-state index in [1.165, 1.54) is 16.4 Å². The Balaban J connectivity index is 1.68. The highest BCUT2D eigenvalue weighted by atomic mass is 32.2. The Morgan fingerprint density at radius 3 is 2.42 bits per heavy atom. The molecule has 128 valence electrons. The average Bonchev–Trinajstić information content (AvgIpc) is 2.58. The van der Waals surface area contributed by atoms with Crippen molar-refractivity contribution in [2.24, 2.45) is 0 Å². The van der Waals surface area contributed by atoms with E-state index in [-0.39, 0.29) is 4.90 Å². The monoisotopic (exact) mass is 349 g/mol. The van der Waals surface area contributed by atoms with Crippen molar-refractivity contribution < 1.29 is 12.8 Å². The summed E-state index contributed by atoms with van der Waals surface area (Å²) in [5.41, 5.74) is 1.72. The lowest BCUT2D eigenvalue weighted by molar-refractivity contribution is 0.181. The zero-order valence-electron chi connectivity index (χ0n) is 13.5. The summed E-state index contributed by atoms with van der Waals surface area (Å²) in [4.78, 5) is 6.26. The van der Waals surface area contributed by atoms with Crippen LogP contribution in [0.3, 0.4) is 0 Å². The zero-order chi connectivity index (χ0) is 17.2. The third-order valence-corrected chi connectivity index (χ3v) is 6.30. The van der Waals surface area contributed by atoms with Crippen LogP contribution in [0.25, 0.3) is 0 Å². The van der Waals surface area contributed by atoms with Crippen LogP contribution in [-0.4, -0.2) is 48.8 Å². The van der Waals surface area contributed by atoms with Gasteiger partial charge in [0.15, 0.2) is 0 Å². The summed E-state index contributed by atoms with van der Waals surface area (Å²) in [5.74, 6) is -0.532. The molecule has 24 heavy (non-hydrogen) atoms. The van der Waals surface area contributed by atoms with Gasteiger partial charge in [-0.1, -0.05) is 6.07 Å². The highest BCUT2D eigenvalue weighted by Crippen LogP contribution is 2.22. The predicted molar refractivity (Wildman–Crippen MR) is 89.4 cm³/mol. The number of piperazine rings is 1. The van der Waals surface area contributed by atoms with E-state index in [1.807, 2.05) is 12.1 Å². The summed E-state index contributed by atoms with van der Waals surface area (Å²) in [6, 6.07) is 7.80. The molecule has 0 N–H and O–H groups in total. The quantitative estimate of drug-likeness (QED) is 0.848. The highest BCUT2D eigenvalue weighted by Gasteiger charge is 2.29. The Morgan fingerprint density at radius 2 is 1.75 bits per heavy atom. The first-order valence-electron chi connectivity index (χ1n) is 7.84. The maximum atomic E-state index is 13.5. The van der Waals surface area contributed by atoms with Crippen LogP contribution in [0.2, 0.25) is 0 Å². The molecule has 1 fully saturated rings. The van der Waals surface area contributed by atoms with E-state index in [9.17, 15) is 12.8 Å². The third kappa shape index (κ3) is 3.63. The van der Waals surface area contributed by atoms with Crippen LogP contribution >= 0.6 is 0 Å². The van der Waals surface area contributed by atoms with E-state index in [1.54, 1.807) is 19.3 Å². The molecule has 1 saturated heterocycles. The van der Waals surface area contributed by atoms with Gasteiger partial charge in [-0.25, -0.2) is 12.8 Å². The van der Waals surface area contributed by atoms with Crippen molar-refractivity contribution in [1.82, 2.24) is 14.2 Å². The number of nitrogens with zero attached hydrogens (tertiary/aromatic N) is 3. The van der Waals surface area contributed by atoms with Crippen molar-refractivity contribution in [3.8, 4) is 0 Å². The van der Waals surface area contributed by atoms with Crippen LogP contribution < -0.4 is 0 Å². The molecule has 2 heterocycles. The van der Waals surface area contributed by atoms with Crippen LogP contribution in [0.1, 0.15) is 11.1 Å². The number of sulfonamides is 1. The van der Waals surface area contributed by atoms with Crippen molar-refractivity contribution in [3.63, 3.8) is 0 Å². The Bertz CT molecular complexity index is 804. The minimum atomic E-state index is -3.65. The van der Waals surface area contributed by atoms with Crippen molar-refractivity contribution in [1.29, 1.82) is 0 Å². The minimum absolute atomic E-state index is 0.0603. The van der Waals surface area contributed by atoms with Gasteiger partial charge >= 0.3 is 0 Å². The molecule has 0 atom stereocenters. The maximum Gasteiger partial charge on any atom is 0.243 e. The number of hydrogen-bond donors (Lipinski definition) is 0. The highest BCUT2D eigenvalue weighted by molar-refractivity contribution is 7.89. The molecule has 1 aliphatic rings. The molecule has 0 amide bonds. The fraction of sp³-hybridized carbons (Fsp3) is 0.353. The van der Waals surface area contributed by atoms with Crippen LogP contribution in [0, 0.1) is 12.7 Å². The number of hydrogen-bond acceptors (Lipinski definition) is 4. The van der Waals surface area contributed by atoms with Crippen LogP contribution in [0.4, 0.5) is 4.39 Å². The second kappa shape index (κ2) is 6.96. The Labute approximate surface area is 141 Å². The zero-order valence-corrected chi connectivity index (χ0v) is 14.3. The van der Waals surface area contributed by atoms with Gasteiger partial charge in [-0.05, 0) is 42.3 Å². The molecular formula is C17H20FN3O2S. The van der Waals surface area contributed by atoms with Gasteiger partial charge in [0.1, 0.15) is 5.82 Å². The molecule has 5 nitrogen and oxygen atoms in total. The van der Waals surface area contributed by atoms with Gasteiger partial charge in [-0.2, -0.15) is 4.31 Å². The Kier molecular flexibility index (Phi) is 4.93. The molecule has 7 heteroatoms. The third-order valence-electron chi connectivity index (χ3n) is 4.25. The van der Waals surface area contributed by atoms with E-state index >= 15 is 0 Å². The summed E-state index contributed by atoms with van der Waals surface area (Å²) in [6.45, 7) is 4.57. The first-order chi connectivity index (χ1) is 11.5. The van der Waals surface area contributed by atoms with Gasteiger partial charge in [-0.15, -0.1) is 0 Å². The van der Waals surface area contributed by atoms with E-state index in [4.69, 9.17) is 0 Å². The van der Waals surface area contributed by atoms with Gasteiger partial charge < -0.3 is 0 Å². The van der Waals surface area contributed by atoms with Gasteiger partial charge in [-0.3, -0.25) is 9.88 Å². The van der Waals surface area contributed by atoms with Gasteiger partial charge in [0.05, 0.1) is 4.90 Å². The lowest BCUT2D eigenvalue weighted by atomic mass is 10.2. The van der Waals surface area contributed by atoms with Crippen LogP contribution in [-0.2, 0) is 16.6 Å². The first-order valence-corrected chi connectivity index (χ1v) is 9.28. The molecule has 0 aliphatic carbocycles. The summed E-state index contributed by atoms with van der Waals surface area (Å²) >= 11 is 0. The van der Waals surface area contributed by atoms with Crippen molar-refractivity contribution in [2.75, 3.05) is 26.2 Å². The Morgan fingerprint density at radius 1 is 1.08 bits per heavy atom. The largest absolute Gasteiger partial charge is 0.296 e. The molecule has 0 spiro atoms. The van der Waals surface area contributed by atoms with E-state index in [2.05, 4.69) is 9.88 Å². The fourth-order valence-electron chi connectivity index (χ4n) is 2.87. The molecule has 1 aromatic carbocycles. The second-order valence-corrected chi connectivity index (χ2v) is 7.85. The van der Waals surface area contributed by atoms with Crippen LogP contribution in [0.15, 0.2) is 47.6 Å². The topological polar surface area (TPSA) is 53.5 Å². The molecule has 1 aliphatic heterocycles. The fourth-order valence-corrected chi connectivity index (χ4v) is 4.52. The summed E-state index contributed by atoms with van der Waals surface area (Å²) in [7, 11) is -3.65. The van der Waals surface area contributed by atoms with Crippen molar-refractivity contribution in [3.05, 3.63) is 59.7 Å². The number of benzene rings is 1. The molecular weight excluding hydrogens is 329 g/mol. The van der Waals surface area contributed by atoms with Crippen molar-refractivity contribution >= 4 is 10.0 Å². The van der Waals surface area contributed by atoms with E-state index in [0.717, 1.165) is 18.2 Å². The standard InChI is InChI=1S/C17H20FN3O2S/c1-14-2-3-16(18)12-17(14)24(22,23)21-10-8-20(9-11-21)13-15-4-6-19-7-5-15/h2-7,12H,8-11,13H2,1H3. The second-order valence-electron chi connectivity index (χ2n) is 5.95. The van der Waals surface area contributed by atoms with Crippen molar-refractivity contribution in [2.45, 2.75) is 18.4 Å². The first kappa shape index (κ1) is 17.0. The molecule has 1 aromatic heterocycles. The molecule has 3 rings (SSSR count). The summed E-state index contributed by atoms with van der Waals surface area (Å²) in [6.07, 6.45) is 3.51. The van der Waals surface area contributed by atoms with Gasteiger partial charge in [0.2, 0.25) is 10.0 Å². The number of aromatic nitrogens is 1. The molecule has 0 radical (unpaired) electrons. The average molecular weight is 349 g/mol. The molecule has 0 unspecified atom stereocenters. The normalized spacial score (nSPS) is 17.1. The molecule has 0 saturated carbocycles. The summed E-state index contributed by atoms with van der Waals surface area (Å²) < 4.78 is 40.4.